The summed E-state index contributed by atoms with van der Waals surface area (Å²) in [6.45, 7) is -3.00. The molecule has 7 fully saturated rings. The van der Waals surface area contributed by atoms with Crippen LogP contribution in [0.15, 0.2) is 0 Å². The average molecular weight is 1320 g/mol. The van der Waals surface area contributed by atoms with Gasteiger partial charge in [0.2, 0.25) is 0 Å². The molecule has 0 aromatic carbocycles. The van der Waals surface area contributed by atoms with Crippen molar-refractivity contribution in [3.05, 3.63) is 0 Å². The Morgan fingerprint density at radius 2 is 0.467 bits per heavy atom. The zero-order valence-electron chi connectivity index (χ0n) is 52.3. The molecule has 11 N–H and O–H groups in total. The molecule has 0 radical (unpaired) electrons. The molecule has 0 aliphatic carbocycles. The summed E-state index contributed by atoms with van der Waals surface area (Å²) in [7, 11) is 17.0. The van der Waals surface area contributed by atoms with Crippen molar-refractivity contribution in [3.63, 3.8) is 0 Å². The van der Waals surface area contributed by atoms with E-state index in [-0.39, 0.29) is 26.4 Å². The summed E-state index contributed by atoms with van der Waals surface area (Å²) in [6, 6.07) is 0. The normalized spacial score (nSPS) is 48.0. The van der Waals surface area contributed by atoms with Gasteiger partial charge in [-0.25, -0.2) is 0 Å². The van der Waals surface area contributed by atoms with E-state index in [1.807, 2.05) is 0 Å². The molecule has 36 heteroatoms. The molecule has 0 aromatic rings. The third kappa shape index (κ3) is 16.4. The van der Waals surface area contributed by atoms with Crippen LogP contribution in [0.5, 0.6) is 0 Å². The molecular weight excluding hydrogens is 1220 g/mol. The highest BCUT2D eigenvalue weighted by atomic mass is 16.8. The topological polar surface area (TPSA) is 453 Å². The van der Waals surface area contributed by atoms with Gasteiger partial charge in [-0.2, -0.15) is 0 Å². The minimum absolute atomic E-state index is 0.00202. The Hall–Kier alpha value is -1.44. The van der Waals surface area contributed by atoms with Crippen molar-refractivity contribution in [2.75, 3.05) is 132 Å². The number of aliphatic hydroxyl groups is 11. The summed E-state index contributed by atoms with van der Waals surface area (Å²) in [6.07, 6.45) is -48.8. The maximum absolute atomic E-state index is 11.7. The van der Waals surface area contributed by atoms with E-state index in [1.165, 1.54) is 85.3 Å². The summed E-state index contributed by atoms with van der Waals surface area (Å²) < 4.78 is 151. The third-order valence-electron chi connectivity index (χ3n) is 17.1. The van der Waals surface area contributed by atoms with E-state index in [4.69, 9.17) is 118 Å². The fraction of sp³-hybridized carbons (Fsp3) is 1.00. The van der Waals surface area contributed by atoms with Gasteiger partial charge in [-0.15, -0.1) is 0 Å². The molecule has 0 bridgehead atoms. The Balaban J connectivity index is 1.05. The van der Waals surface area contributed by atoms with Crippen molar-refractivity contribution >= 4 is 0 Å². The molecule has 528 valence electrons. The van der Waals surface area contributed by atoms with Gasteiger partial charge < -0.3 is 175 Å². The van der Waals surface area contributed by atoms with E-state index in [9.17, 15) is 56.2 Å². The van der Waals surface area contributed by atoms with Crippen LogP contribution in [0.25, 0.3) is 0 Å². The maximum atomic E-state index is 11.7. The first kappa shape index (κ1) is 75.9. The summed E-state index contributed by atoms with van der Waals surface area (Å²) in [5.74, 6) is 0. The standard InChI is InChI=1S/C54H96O36/c1-66-16-23-36(40(70-5)44(74-9)48(65)78-23)88-52-46(76-11)42(72-7)38(25(83-52)18-68-3)90-54-47(77-12)43(73-8)39(26(84-54)19-69-4)89-53-45(75-10)41(71-6)37(24(82-53)17-67-2)87-51-33(64)30(61)35(22(15-57)81-51)86-50-32(63)29(60)34(21(14-56)80-50)85-49-31(62)28(59)27(58)20(13-55)79-49/h20-65H,13-19H2,1-12H3/t20-,21-,22-,23-,24-,25-,26-,27-,28+,29-,30-,31-,32-,33-,34-,35-,36-,37-,38-,39-,40+,41+,42+,43+,44-,45-,46-,47-,48?,49+,50+,51+,52?,53?,54?/m1/s1. The van der Waals surface area contributed by atoms with E-state index in [0.717, 1.165) is 0 Å². The molecule has 0 aromatic heterocycles. The molecule has 7 heterocycles. The second-order valence-electron chi connectivity index (χ2n) is 22.3. The smallest absolute Gasteiger partial charge is 0.187 e. The van der Waals surface area contributed by atoms with Gasteiger partial charge in [0, 0.05) is 85.3 Å². The first-order chi connectivity index (χ1) is 43.3. The molecule has 7 saturated heterocycles. The molecule has 90 heavy (non-hydrogen) atoms. The van der Waals surface area contributed by atoms with Crippen LogP contribution in [0.3, 0.4) is 0 Å². The van der Waals surface area contributed by atoms with Crippen LogP contribution in [-0.4, -0.2) is 403 Å². The average Bonchev–Trinajstić information content (AvgIpc) is 0.877. The van der Waals surface area contributed by atoms with Gasteiger partial charge in [-0.3, -0.25) is 0 Å². The highest BCUT2D eigenvalue weighted by Crippen LogP contribution is 2.40. The van der Waals surface area contributed by atoms with Crippen molar-refractivity contribution in [2.24, 2.45) is 0 Å². The molecule has 0 saturated carbocycles. The van der Waals surface area contributed by atoms with Gasteiger partial charge in [0.05, 0.1) is 46.2 Å². The van der Waals surface area contributed by atoms with Gasteiger partial charge in [0.1, 0.15) is 171 Å². The lowest BCUT2D eigenvalue weighted by molar-refractivity contribution is -0.402. The second-order valence-corrected chi connectivity index (χ2v) is 22.3. The first-order valence-corrected chi connectivity index (χ1v) is 29.3. The van der Waals surface area contributed by atoms with Gasteiger partial charge in [-0.05, 0) is 0 Å². The molecule has 4 unspecified atom stereocenters. The lowest BCUT2D eigenvalue weighted by atomic mass is 9.94. The summed E-state index contributed by atoms with van der Waals surface area (Å²) in [5.41, 5.74) is 0. The molecule has 7 rings (SSSR count). The van der Waals surface area contributed by atoms with E-state index in [0.29, 0.717) is 0 Å². The fourth-order valence-electron chi connectivity index (χ4n) is 12.6. The Labute approximate surface area is 520 Å². The predicted octanol–water partition coefficient (Wildman–Crippen LogP) is -8.43. The van der Waals surface area contributed by atoms with Crippen molar-refractivity contribution in [2.45, 2.75) is 215 Å². The van der Waals surface area contributed by atoms with E-state index in [1.54, 1.807) is 0 Å². The number of hydrogen-bond acceptors (Lipinski definition) is 36. The number of hydrogen-bond donors (Lipinski definition) is 11. The Bertz CT molecular complexity index is 2030. The SMILES string of the molecule is COC[C@H]1OC(O)[C@H](OC)[C@@H](OC)[C@@H]1OC1O[C@H](COC)[C@@H](OC2O[C@H](COC)[C@@H](OC3O[C@H](COC)[C@@H](O[C@@H]4O[C@H](CO)[C@@H](O[C@@H]5O[C@H](CO)[C@@H](O[C@@H]6O[C@H](CO)[C@@H](O)[C@H](O)[C@H]6O)[C@H](O)[C@H]5O)[C@H](O)[C@H]4O)[C@H](OC)[C@H]3OC)[C@H](OC)[C@H]2OC)[C@H](OC)[C@H]1OC. The fourth-order valence-corrected chi connectivity index (χ4v) is 12.6. The highest BCUT2D eigenvalue weighted by molar-refractivity contribution is 5.02. The lowest BCUT2D eigenvalue weighted by Crippen LogP contribution is -2.69. The van der Waals surface area contributed by atoms with Gasteiger partial charge >= 0.3 is 0 Å². The van der Waals surface area contributed by atoms with Gasteiger partial charge in [0.15, 0.2) is 44.0 Å². The third-order valence-corrected chi connectivity index (χ3v) is 17.1. The summed E-state index contributed by atoms with van der Waals surface area (Å²) in [5, 5.41) is 118. The zero-order valence-corrected chi connectivity index (χ0v) is 52.3. The van der Waals surface area contributed by atoms with Crippen LogP contribution < -0.4 is 0 Å². The minimum atomic E-state index is -2.06. The number of ether oxygens (including phenoxy) is 25. The van der Waals surface area contributed by atoms with E-state index < -0.39 is 235 Å². The van der Waals surface area contributed by atoms with Crippen LogP contribution >= 0.6 is 0 Å². The van der Waals surface area contributed by atoms with E-state index >= 15 is 0 Å². The maximum Gasteiger partial charge on any atom is 0.187 e. The van der Waals surface area contributed by atoms with Crippen LogP contribution in [-0.2, 0) is 118 Å². The lowest BCUT2D eigenvalue weighted by Gasteiger charge is -2.52. The van der Waals surface area contributed by atoms with Crippen molar-refractivity contribution in [1.29, 1.82) is 0 Å². The Morgan fingerprint density at radius 1 is 0.222 bits per heavy atom. The predicted molar refractivity (Wildman–Crippen MR) is 289 cm³/mol. The molecule has 35 atom stereocenters. The van der Waals surface area contributed by atoms with Crippen molar-refractivity contribution in [1.82, 2.24) is 0 Å². The monoisotopic (exact) mass is 1320 g/mol. The van der Waals surface area contributed by atoms with Gasteiger partial charge in [-0.1, -0.05) is 0 Å². The van der Waals surface area contributed by atoms with Crippen molar-refractivity contribution in [3.8, 4) is 0 Å². The summed E-state index contributed by atoms with van der Waals surface area (Å²) in [4.78, 5) is 0. The zero-order chi connectivity index (χ0) is 65.8. The number of methoxy groups -OCH3 is 12. The quantitative estimate of drug-likeness (QED) is 0.0307. The first-order valence-electron chi connectivity index (χ1n) is 29.3. The molecule has 36 nitrogen and oxygen atoms in total. The number of aliphatic hydroxyl groups excluding tert-OH is 11. The second kappa shape index (κ2) is 35.7. The molecule has 0 spiro atoms. The van der Waals surface area contributed by atoms with Crippen molar-refractivity contribution < 1.29 is 175 Å². The molecule has 0 amide bonds. The Kier molecular flexibility index (Phi) is 30.1. The number of rotatable bonds is 31. The van der Waals surface area contributed by atoms with Crippen LogP contribution in [0, 0.1) is 0 Å². The van der Waals surface area contributed by atoms with Crippen LogP contribution in [0.4, 0.5) is 0 Å². The molecule has 7 aliphatic heterocycles. The molecular formula is C54H96O36. The summed E-state index contributed by atoms with van der Waals surface area (Å²) >= 11 is 0. The minimum Gasteiger partial charge on any atom is -0.394 e. The molecule has 7 aliphatic rings. The van der Waals surface area contributed by atoms with Crippen LogP contribution in [0.2, 0.25) is 0 Å². The largest absolute Gasteiger partial charge is 0.394 e. The van der Waals surface area contributed by atoms with E-state index in [2.05, 4.69) is 0 Å². The van der Waals surface area contributed by atoms with Crippen LogP contribution in [0.1, 0.15) is 0 Å². The van der Waals surface area contributed by atoms with Gasteiger partial charge in [0.25, 0.3) is 0 Å². The Morgan fingerprint density at radius 3 is 0.756 bits per heavy atom. The highest BCUT2D eigenvalue weighted by Gasteiger charge is 2.60.